The van der Waals surface area contributed by atoms with Gasteiger partial charge in [-0.1, -0.05) is 54.6 Å². The van der Waals surface area contributed by atoms with Crippen molar-refractivity contribution in [1.29, 1.82) is 0 Å². The largest absolute Gasteiger partial charge is 0.372 e. The highest BCUT2D eigenvalue weighted by Crippen LogP contribution is 2.37. The van der Waals surface area contributed by atoms with Crippen LogP contribution < -0.4 is 14.8 Å². The molecule has 1 aliphatic rings. The topological polar surface area (TPSA) is 20.5 Å². The lowest BCUT2D eigenvalue weighted by Gasteiger charge is -2.24. The van der Waals surface area contributed by atoms with Crippen LogP contribution in [0.5, 0.6) is 0 Å². The van der Waals surface area contributed by atoms with Crippen LogP contribution >= 0.6 is 0 Å². The molecule has 0 atom stereocenters. The maximum Gasteiger partial charge on any atom is 0.206 e. The highest BCUT2D eigenvalue weighted by molar-refractivity contribution is 6.17. The minimum Gasteiger partial charge on any atom is -0.372 e. The molecule has 0 aromatic heterocycles. The zero-order valence-corrected chi connectivity index (χ0v) is 25.7. The van der Waals surface area contributed by atoms with E-state index in [0.717, 1.165) is 32.7 Å². The lowest BCUT2D eigenvalue weighted by atomic mass is 9.83. The minimum atomic E-state index is 0.902. The van der Waals surface area contributed by atoms with Gasteiger partial charge in [0.1, 0.15) is 6.54 Å². The monoisotopic (exact) mass is 534 g/mol. The molecule has 1 N–H and O–H groups in total. The Morgan fingerprint density at radius 3 is 1.45 bits per heavy atom. The van der Waals surface area contributed by atoms with E-state index < -0.39 is 0 Å². The van der Waals surface area contributed by atoms with Gasteiger partial charge in [0.25, 0.3) is 0 Å². The van der Waals surface area contributed by atoms with Gasteiger partial charge in [-0.15, -0.1) is 0 Å². The second-order valence-corrected chi connectivity index (χ2v) is 9.72. The third kappa shape index (κ3) is 7.21. The lowest BCUT2D eigenvalue weighted by Crippen LogP contribution is -2.72. The minimum absolute atomic E-state index is 0.902. The molecule has 0 fully saturated rings. The molecule has 3 heteroatoms. The first-order chi connectivity index (χ1) is 19.6. The molecule has 0 radical (unpaired) electrons. The van der Waals surface area contributed by atoms with E-state index in [1.807, 2.05) is 26.0 Å². The smallest absolute Gasteiger partial charge is 0.206 e. The van der Waals surface area contributed by atoms with Crippen molar-refractivity contribution in [2.24, 2.45) is 0 Å². The molecule has 0 unspecified atom stereocenters. The normalized spacial score (nSPS) is 13.2. The molecule has 0 heterocycles. The summed E-state index contributed by atoms with van der Waals surface area (Å²) < 4.78 is 0. The van der Waals surface area contributed by atoms with Crippen LogP contribution in [0.15, 0.2) is 97.1 Å². The number of allylic oxidation sites excluding steroid dienone is 5. The number of benzene rings is 3. The Morgan fingerprint density at radius 1 is 0.600 bits per heavy atom. The first-order valence-corrected chi connectivity index (χ1v) is 15.0. The molecule has 0 saturated heterocycles. The quantitative estimate of drug-likeness (QED) is 0.289. The van der Waals surface area contributed by atoms with Crippen LogP contribution in [-0.2, 0) is 0 Å². The van der Waals surface area contributed by atoms with Crippen LogP contribution in [0.3, 0.4) is 0 Å². The first kappa shape index (κ1) is 30.7. The number of fused-ring (bicyclic) bond motifs is 1. The third-order valence-electron chi connectivity index (χ3n) is 7.46. The zero-order valence-electron chi connectivity index (χ0n) is 25.7. The molecule has 0 amide bonds. The molecular weight excluding hydrogens is 486 g/mol. The van der Waals surface area contributed by atoms with Crippen molar-refractivity contribution in [3.63, 3.8) is 0 Å². The van der Waals surface area contributed by atoms with Gasteiger partial charge in [-0.25, -0.2) is 4.99 Å². The highest BCUT2D eigenvalue weighted by atomic mass is 15.1. The van der Waals surface area contributed by atoms with Gasteiger partial charge in [0.2, 0.25) is 5.71 Å². The summed E-state index contributed by atoms with van der Waals surface area (Å²) in [5.74, 6) is 0. The molecule has 3 aromatic rings. The van der Waals surface area contributed by atoms with Gasteiger partial charge in [0.15, 0.2) is 0 Å². The third-order valence-corrected chi connectivity index (χ3v) is 7.46. The fraction of sp³-hybridized carbons (Fsp3) is 0.324. The van der Waals surface area contributed by atoms with E-state index in [-0.39, 0.29) is 0 Å². The Labute approximate surface area is 243 Å². The summed E-state index contributed by atoms with van der Waals surface area (Å²) in [5.41, 5.74) is 11.3. The maximum absolute atomic E-state index is 3.54. The van der Waals surface area contributed by atoms with Gasteiger partial charge in [0, 0.05) is 43.6 Å². The molecule has 40 heavy (non-hydrogen) atoms. The Balaban J connectivity index is 0.00000103. The Hall–Kier alpha value is -3.85. The molecule has 1 aliphatic carbocycles. The summed E-state index contributed by atoms with van der Waals surface area (Å²) in [6.45, 7) is 19.9. The van der Waals surface area contributed by atoms with Crippen LogP contribution in [0.25, 0.3) is 11.1 Å². The number of nitrogens with zero attached hydrogens (tertiary/aromatic N) is 2. The summed E-state index contributed by atoms with van der Waals surface area (Å²) in [6.07, 6.45) is 8.52. The van der Waals surface area contributed by atoms with E-state index >= 15 is 0 Å². The fourth-order valence-corrected chi connectivity index (χ4v) is 5.19. The van der Waals surface area contributed by atoms with Gasteiger partial charge in [-0.05, 0) is 113 Å². The molecule has 3 nitrogen and oxygen atoms in total. The van der Waals surface area contributed by atoms with Crippen LogP contribution in [0, 0.1) is 0 Å². The summed E-state index contributed by atoms with van der Waals surface area (Å²) in [7, 11) is 0. The second kappa shape index (κ2) is 15.7. The molecule has 0 saturated carbocycles. The average molecular weight is 535 g/mol. The highest BCUT2D eigenvalue weighted by Gasteiger charge is 2.22. The van der Waals surface area contributed by atoms with Gasteiger partial charge in [0.05, 0.1) is 5.56 Å². The predicted molar refractivity (Wildman–Crippen MR) is 178 cm³/mol. The van der Waals surface area contributed by atoms with Crippen LogP contribution in [0.1, 0.15) is 70.7 Å². The Bertz CT molecular complexity index is 1260. The van der Waals surface area contributed by atoms with Crippen molar-refractivity contribution in [1.82, 2.24) is 0 Å². The van der Waals surface area contributed by atoms with E-state index in [9.17, 15) is 0 Å². The summed E-state index contributed by atoms with van der Waals surface area (Å²) in [6, 6.07) is 27.0. The van der Waals surface area contributed by atoms with Crippen molar-refractivity contribution in [3.8, 4) is 0 Å². The molecular formula is C37H48N3+. The van der Waals surface area contributed by atoms with E-state index in [0.29, 0.717) is 0 Å². The average Bonchev–Trinajstić information content (AvgIpc) is 3.01. The SMILES string of the molecule is C/C=C\C.CC[NH+]=C1C=CC(=C(c2ccc(N(CC)CC)cc2)c2ccc(N(CC)CC)cc2)c2ccccc21. The number of hydrogen-bond acceptors (Lipinski definition) is 2. The molecule has 0 aliphatic heterocycles. The van der Waals surface area contributed by atoms with Crippen LogP contribution in [0.4, 0.5) is 11.4 Å². The van der Waals surface area contributed by atoms with Crippen molar-refractivity contribution in [3.05, 3.63) is 119 Å². The van der Waals surface area contributed by atoms with Crippen molar-refractivity contribution < 1.29 is 4.99 Å². The summed E-state index contributed by atoms with van der Waals surface area (Å²) in [4.78, 5) is 8.33. The fourth-order valence-electron chi connectivity index (χ4n) is 5.19. The van der Waals surface area contributed by atoms with Gasteiger partial charge >= 0.3 is 0 Å². The Morgan fingerprint density at radius 2 is 1.05 bits per heavy atom. The molecule has 0 spiro atoms. The van der Waals surface area contributed by atoms with E-state index in [4.69, 9.17) is 0 Å². The molecule has 3 aromatic carbocycles. The summed E-state index contributed by atoms with van der Waals surface area (Å²) in [5, 5.41) is 0. The van der Waals surface area contributed by atoms with E-state index in [1.54, 1.807) is 0 Å². The summed E-state index contributed by atoms with van der Waals surface area (Å²) >= 11 is 0. The van der Waals surface area contributed by atoms with E-state index in [1.165, 1.54) is 50.5 Å². The standard InChI is InChI=1S/C33H39N3.C4H8/c1-6-34-32-24-23-31(29-13-11-12-14-30(29)32)33(25-15-19-27(20-16-25)35(7-2)8-3)26-17-21-28(22-18-26)36(9-4)10-5;1-3-4-2/h11-24H,6-10H2,1-5H3;3-4H,1-2H3/p+1/b;4-3-. The maximum atomic E-state index is 3.54. The van der Waals surface area contributed by atoms with E-state index in [2.05, 4.69) is 134 Å². The lowest BCUT2D eigenvalue weighted by molar-refractivity contribution is -0.450. The molecule has 4 rings (SSSR count). The van der Waals surface area contributed by atoms with Gasteiger partial charge < -0.3 is 9.80 Å². The number of rotatable bonds is 9. The van der Waals surface area contributed by atoms with Gasteiger partial charge in [-0.2, -0.15) is 0 Å². The zero-order chi connectivity index (χ0) is 28.9. The van der Waals surface area contributed by atoms with Gasteiger partial charge in [-0.3, -0.25) is 0 Å². The van der Waals surface area contributed by atoms with Crippen molar-refractivity contribution >= 4 is 28.2 Å². The second-order valence-electron chi connectivity index (χ2n) is 9.72. The number of nitrogens with one attached hydrogen (secondary N) is 1. The Kier molecular flexibility index (Phi) is 12.0. The van der Waals surface area contributed by atoms with Crippen LogP contribution in [0.2, 0.25) is 0 Å². The molecule has 210 valence electrons. The van der Waals surface area contributed by atoms with Crippen LogP contribution in [-0.4, -0.2) is 38.4 Å². The predicted octanol–water partition coefficient (Wildman–Crippen LogP) is 7.38. The molecule has 0 bridgehead atoms. The van der Waals surface area contributed by atoms with Crippen molar-refractivity contribution in [2.75, 3.05) is 42.5 Å². The van der Waals surface area contributed by atoms with Crippen molar-refractivity contribution in [2.45, 2.75) is 48.5 Å². The number of hydrogen-bond donors (Lipinski definition) is 1. The number of anilines is 2. The first-order valence-electron chi connectivity index (χ1n) is 15.0.